The van der Waals surface area contributed by atoms with E-state index in [1.54, 1.807) is 42.0 Å². The van der Waals surface area contributed by atoms with E-state index in [9.17, 15) is 27.6 Å². The highest BCUT2D eigenvalue weighted by Gasteiger charge is 2.38. The smallest absolute Gasteiger partial charge is 0.475 e. The number of hydrogen-bond acceptors (Lipinski definition) is 8. The molecule has 0 aliphatic heterocycles. The lowest BCUT2D eigenvalue weighted by atomic mass is 10.1. The fourth-order valence-electron chi connectivity index (χ4n) is 3.36. The van der Waals surface area contributed by atoms with Crippen LogP contribution in [-0.4, -0.2) is 59.9 Å². The molecule has 0 fully saturated rings. The molecule has 0 saturated carbocycles. The van der Waals surface area contributed by atoms with Crippen molar-refractivity contribution in [3.05, 3.63) is 69.5 Å². The Morgan fingerprint density at radius 2 is 1.86 bits per heavy atom. The largest absolute Gasteiger partial charge is 0.490 e. The van der Waals surface area contributed by atoms with E-state index in [4.69, 9.17) is 15.6 Å². The van der Waals surface area contributed by atoms with E-state index in [0.717, 1.165) is 4.57 Å². The highest BCUT2D eigenvalue weighted by molar-refractivity contribution is 5.78. The van der Waals surface area contributed by atoms with Crippen molar-refractivity contribution in [1.29, 1.82) is 0 Å². The second-order valence-corrected chi connectivity index (χ2v) is 7.34. The molecular weight excluding hydrogens is 489 g/mol. The number of pyridine rings is 2. The first-order valence-electron chi connectivity index (χ1n) is 10.0. The van der Waals surface area contributed by atoms with Gasteiger partial charge in [-0.3, -0.25) is 19.1 Å². The Labute approximate surface area is 199 Å². The number of carboxylic acid groups (broad SMARTS) is 1. The molecule has 1 atom stereocenters. The number of imidazole rings is 1. The Morgan fingerprint density at radius 1 is 1.19 bits per heavy atom. The van der Waals surface area contributed by atoms with Crippen LogP contribution >= 0.6 is 0 Å². The summed E-state index contributed by atoms with van der Waals surface area (Å²) in [6, 6.07) is 4.05. The van der Waals surface area contributed by atoms with Gasteiger partial charge in [-0.15, -0.1) is 0 Å². The number of carboxylic acids is 1. The minimum Gasteiger partial charge on any atom is -0.475 e. The monoisotopic (exact) mass is 508 g/mol. The molecule has 36 heavy (non-hydrogen) atoms. The van der Waals surface area contributed by atoms with Crippen LogP contribution in [0.4, 0.5) is 13.2 Å². The highest BCUT2D eigenvalue weighted by Crippen LogP contribution is 2.17. The number of aryl methyl sites for hydroxylation is 1. The highest BCUT2D eigenvalue weighted by atomic mass is 19.4. The van der Waals surface area contributed by atoms with Crippen LogP contribution in [0.15, 0.2) is 52.6 Å². The fourth-order valence-corrected chi connectivity index (χ4v) is 3.36. The summed E-state index contributed by atoms with van der Waals surface area (Å²) in [6.07, 6.45) is 1.33. The van der Waals surface area contributed by atoms with E-state index in [-0.39, 0.29) is 6.42 Å². The molecule has 4 heterocycles. The van der Waals surface area contributed by atoms with Gasteiger partial charge in [0.25, 0.3) is 5.56 Å². The summed E-state index contributed by atoms with van der Waals surface area (Å²) < 4.78 is 40.5. The first-order valence-corrected chi connectivity index (χ1v) is 10.0. The molecule has 4 aromatic rings. The minimum absolute atomic E-state index is 0.204. The van der Waals surface area contributed by atoms with Gasteiger partial charge in [0.05, 0.1) is 29.9 Å². The number of aliphatic carboxylic acids is 1. The molecule has 0 radical (unpaired) electrons. The summed E-state index contributed by atoms with van der Waals surface area (Å²) in [5, 5.41) is 7.49. The van der Waals surface area contributed by atoms with Crippen LogP contribution in [0, 0.1) is 0 Å². The quantitative estimate of drug-likeness (QED) is 0.372. The molecule has 0 bridgehead atoms. The van der Waals surface area contributed by atoms with Crippen LogP contribution in [0.1, 0.15) is 5.69 Å². The number of aromatic nitrogens is 5. The van der Waals surface area contributed by atoms with Crippen molar-refractivity contribution in [3.63, 3.8) is 0 Å². The van der Waals surface area contributed by atoms with Gasteiger partial charge in [0.15, 0.2) is 5.65 Å². The third-order valence-corrected chi connectivity index (χ3v) is 5.10. The summed E-state index contributed by atoms with van der Waals surface area (Å²) in [5.74, 6) is -3.29. The van der Waals surface area contributed by atoms with Gasteiger partial charge in [0.2, 0.25) is 0 Å². The molecule has 0 amide bonds. The molecule has 3 N–H and O–H groups in total. The van der Waals surface area contributed by atoms with Crippen molar-refractivity contribution in [2.75, 3.05) is 7.11 Å². The van der Waals surface area contributed by atoms with E-state index >= 15 is 0 Å². The number of nitrogens with zero attached hydrogens (tertiary/aromatic N) is 5. The zero-order chi connectivity index (χ0) is 26.8. The summed E-state index contributed by atoms with van der Waals surface area (Å²) in [7, 11) is 2.85. The summed E-state index contributed by atoms with van der Waals surface area (Å²) in [6.45, 7) is 0. The molecule has 0 spiro atoms. The molecule has 12 nitrogen and oxygen atoms in total. The normalized spacial score (nSPS) is 12.2. The van der Waals surface area contributed by atoms with Crippen molar-refractivity contribution in [2.24, 2.45) is 12.8 Å². The van der Waals surface area contributed by atoms with Crippen LogP contribution < -0.4 is 17.0 Å². The Balaban J connectivity index is 0.000000454. The number of rotatable bonds is 4. The Morgan fingerprint density at radius 3 is 2.47 bits per heavy atom. The second-order valence-electron chi connectivity index (χ2n) is 7.34. The van der Waals surface area contributed by atoms with Gasteiger partial charge in [0, 0.05) is 37.8 Å². The number of ether oxygens (including phenoxy) is 1. The fraction of sp³-hybridized carbons (Fsp3) is 0.238. The summed E-state index contributed by atoms with van der Waals surface area (Å²) in [5.41, 5.74) is 6.75. The zero-order valence-electron chi connectivity index (χ0n) is 18.8. The predicted octanol–water partition coefficient (Wildman–Crippen LogP) is 0.408. The number of halogens is 3. The first-order chi connectivity index (χ1) is 16.9. The molecule has 0 aliphatic rings. The van der Waals surface area contributed by atoms with E-state index in [1.807, 2.05) is 0 Å². The number of alkyl halides is 3. The van der Waals surface area contributed by atoms with E-state index < -0.39 is 35.4 Å². The van der Waals surface area contributed by atoms with Crippen LogP contribution in [0.25, 0.3) is 22.2 Å². The standard InChI is InChI=1S/C19H18N6O4.C2HF3O2/c1-23-15-10-21-6-5-12(15)17(26)25(19(23)28)14-4-3-11(9-13(20)18(27)29-2)24-8-7-22-16(14)24;3-2(4,5)1(6)7/h3-8,10,13H,9,20H2,1-2H3;(H,6,7)/t13-;/m0./s1. The number of methoxy groups -OCH3 is 1. The molecular formula is C21H19F3N6O6. The maximum Gasteiger partial charge on any atom is 0.490 e. The third kappa shape index (κ3) is 4.95. The van der Waals surface area contributed by atoms with Crippen molar-refractivity contribution in [1.82, 2.24) is 23.5 Å². The zero-order valence-corrected chi connectivity index (χ0v) is 18.8. The van der Waals surface area contributed by atoms with Crippen LogP contribution in [0.2, 0.25) is 0 Å². The van der Waals surface area contributed by atoms with Gasteiger partial charge >= 0.3 is 23.8 Å². The summed E-state index contributed by atoms with van der Waals surface area (Å²) in [4.78, 5) is 54.9. The van der Waals surface area contributed by atoms with Crippen molar-refractivity contribution in [3.8, 4) is 5.69 Å². The van der Waals surface area contributed by atoms with Gasteiger partial charge in [-0.2, -0.15) is 13.2 Å². The Kier molecular flexibility index (Phi) is 7.24. The average Bonchev–Trinajstić information content (AvgIpc) is 3.33. The van der Waals surface area contributed by atoms with Crippen LogP contribution in [-0.2, 0) is 27.8 Å². The molecule has 190 valence electrons. The van der Waals surface area contributed by atoms with Crippen LogP contribution in [0.3, 0.4) is 0 Å². The second kappa shape index (κ2) is 9.99. The third-order valence-electron chi connectivity index (χ3n) is 5.10. The van der Waals surface area contributed by atoms with Crippen molar-refractivity contribution >= 4 is 28.5 Å². The molecule has 0 aliphatic carbocycles. The minimum atomic E-state index is -5.08. The lowest BCUT2D eigenvalue weighted by Gasteiger charge is -2.14. The molecule has 0 unspecified atom stereocenters. The molecule has 4 aromatic heterocycles. The molecule has 0 aromatic carbocycles. The summed E-state index contributed by atoms with van der Waals surface area (Å²) >= 11 is 0. The van der Waals surface area contributed by atoms with E-state index in [0.29, 0.717) is 27.9 Å². The average molecular weight is 508 g/mol. The van der Waals surface area contributed by atoms with E-state index in [1.165, 1.54) is 24.1 Å². The number of nitrogens with two attached hydrogens (primary N) is 1. The van der Waals surface area contributed by atoms with Gasteiger partial charge in [0.1, 0.15) is 6.04 Å². The Hall–Kier alpha value is -4.53. The van der Waals surface area contributed by atoms with Gasteiger partial charge in [-0.1, -0.05) is 0 Å². The molecule has 15 heteroatoms. The van der Waals surface area contributed by atoms with E-state index in [2.05, 4.69) is 14.7 Å². The number of carbonyl (C=O) groups excluding carboxylic acids is 1. The van der Waals surface area contributed by atoms with Gasteiger partial charge < -0.3 is 20.0 Å². The number of esters is 1. The number of fused-ring (bicyclic) bond motifs is 2. The SMILES string of the molecule is COC(=O)[C@@H](N)Cc1ccc(-n2c(=O)c3ccncc3n(C)c2=O)c2nccn12.O=C(O)C(F)(F)F. The predicted molar refractivity (Wildman–Crippen MR) is 119 cm³/mol. The molecule has 4 rings (SSSR count). The van der Waals surface area contributed by atoms with Crippen LogP contribution in [0.5, 0.6) is 0 Å². The maximum atomic E-state index is 13.1. The Bertz CT molecular complexity index is 1570. The first kappa shape index (κ1) is 26.1. The molecule has 0 saturated heterocycles. The number of carbonyl (C=O) groups is 2. The van der Waals surface area contributed by atoms with Gasteiger partial charge in [-0.25, -0.2) is 19.1 Å². The van der Waals surface area contributed by atoms with Crippen molar-refractivity contribution < 1.29 is 32.6 Å². The number of hydrogen-bond donors (Lipinski definition) is 2. The lowest BCUT2D eigenvalue weighted by molar-refractivity contribution is -0.192. The maximum absolute atomic E-state index is 13.1. The lowest BCUT2D eigenvalue weighted by Crippen LogP contribution is -2.38. The topological polar surface area (TPSA) is 164 Å². The van der Waals surface area contributed by atoms with Crippen molar-refractivity contribution in [2.45, 2.75) is 18.6 Å². The van der Waals surface area contributed by atoms with Gasteiger partial charge in [-0.05, 0) is 18.2 Å².